The summed E-state index contributed by atoms with van der Waals surface area (Å²) in [5.41, 5.74) is 4.39. The first-order valence-corrected chi connectivity index (χ1v) is 11.6. The van der Waals surface area contributed by atoms with E-state index in [0.29, 0.717) is 30.8 Å². The van der Waals surface area contributed by atoms with Gasteiger partial charge in [-0.3, -0.25) is 0 Å². The second kappa shape index (κ2) is 10.8. The van der Waals surface area contributed by atoms with Crippen LogP contribution in [0.4, 0.5) is 24.8 Å². The number of carboxylic acids is 1. The van der Waals surface area contributed by atoms with Crippen LogP contribution in [0.2, 0.25) is 0 Å². The number of aromatic nitrogens is 4. The van der Waals surface area contributed by atoms with E-state index in [4.69, 9.17) is 19.4 Å². The highest BCUT2D eigenvalue weighted by molar-refractivity contribution is 5.83. The van der Waals surface area contributed by atoms with Crippen molar-refractivity contribution in [1.82, 2.24) is 19.5 Å². The van der Waals surface area contributed by atoms with Gasteiger partial charge in [-0.25, -0.2) is 14.8 Å². The Hall–Kier alpha value is -4.97. The number of pyridine rings is 1. The molecule has 12 heteroatoms. The van der Waals surface area contributed by atoms with Crippen LogP contribution in [0, 0.1) is 0 Å². The van der Waals surface area contributed by atoms with Gasteiger partial charge in [0.05, 0.1) is 18.7 Å². The fourth-order valence-corrected chi connectivity index (χ4v) is 3.84. The molecule has 0 bridgehead atoms. The van der Waals surface area contributed by atoms with Crippen molar-refractivity contribution in [2.24, 2.45) is 0 Å². The summed E-state index contributed by atoms with van der Waals surface area (Å²) in [6.07, 6.45) is 0.387. The number of carboxylic acid groups (broad SMARTS) is 1. The van der Waals surface area contributed by atoms with Gasteiger partial charge in [0.15, 0.2) is 0 Å². The Bertz CT molecular complexity index is 1620. The molecule has 39 heavy (non-hydrogen) atoms. The van der Waals surface area contributed by atoms with Crippen molar-refractivity contribution in [2.75, 3.05) is 5.32 Å². The van der Waals surface area contributed by atoms with Crippen LogP contribution in [0.3, 0.4) is 0 Å². The summed E-state index contributed by atoms with van der Waals surface area (Å²) in [4.78, 5) is 22.1. The summed E-state index contributed by atoms with van der Waals surface area (Å²) in [6.45, 7) is 1.31. The Balaban J connectivity index is 0.000000392. The van der Waals surface area contributed by atoms with E-state index in [2.05, 4.69) is 32.4 Å². The van der Waals surface area contributed by atoms with Crippen LogP contribution in [0.5, 0.6) is 11.6 Å². The van der Waals surface area contributed by atoms with Crippen molar-refractivity contribution < 1.29 is 32.5 Å². The highest BCUT2D eigenvalue weighted by atomic mass is 19.4. The molecule has 3 aromatic heterocycles. The molecule has 0 aliphatic carbocycles. The summed E-state index contributed by atoms with van der Waals surface area (Å²) >= 11 is 0. The quantitative estimate of drug-likeness (QED) is 0.281. The number of aliphatic carboxylic acids is 1. The first-order chi connectivity index (χ1) is 18.8. The number of halogens is 3. The summed E-state index contributed by atoms with van der Waals surface area (Å²) < 4.78 is 45.3. The van der Waals surface area contributed by atoms with E-state index in [-0.39, 0.29) is 0 Å². The molecule has 0 radical (unpaired) electrons. The molecule has 1 aliphatic heterocycles. The predicted octanol–water partition coefficient (Wildman–Crippen LogP) is 6.01. The molecule has 198 valence electrons. The van der Waals surface area contributed by atoms with Crippen LogP contribution in [-0.2, 0) is 22.7 Å². The van der Waals surface area contributed by atoms with E-state index in [1.807, 2.05) is 59.3 Å². The fraction of sp³-hybridized carbons (Fsp3) is 0.111. The normalized spacial score (nSPS) is 12.4. The minimum absolute atomic E-state index is 0.468. The molecule has 4 heterocycles. The molecule has 1 aliphatic rings. The molecule has 0 spiro atoms. The average Bonchev–Trinajstić information content (AvgIpc) is 3.56. The summed E-state index contributed by atoms with van der Waals surface area (Å²) in [7, 11) is 0. The summed E-state index contributed by atoms with van der Waals surface area (Å²) in [5, 5.41) is 11.4. The molecule has 2 N–H and O–H groups in total. The van der Waals surface area contributed by atoms with E-state index in [9.17, 15) is 13.2 Å². The Labute approximate surface area is 219 Å². The first kappa shape index (κ1) is 25.7. The topological polar surface area (TPSA) is 111 Å². The number of benzene rings is 2. The highest BCUT2D eigenvalue weighted by Crippen LogP contribution is 2.28. The Morgan fingerprint density at radius 3 is 2.56 bits per heavy atom. The number of carbonyl (C=O) groups is 1. The standard InChI is InChI=1S/C25H19N5O2.C2HF3O2/c1-2-10-26-23(3-1)30-12-9-17-14-21(6-7-22(17)30)32-24-8-11-27-25(29-24)28-20-5-4-18-15-31-16-19(18)13-20;3-2(4,5)1(6)7/h1-14H,15-16H2,(H,27,28,29);(H,6,7). The van der Waals surface area contributed by atoms with Crippen molar-refractivity contribution in [2.45, 2.75) is 19.4 Å². The SMILES string of the molecule is O=C(O)C(F)(F)F.c1ccc(-n2ccc3cc(Oc4ccnc(Nc5ccc6c(c5)COC6)n4)ccc32)nc1. The lowest BCUT2D eigenvalue weighted by Crippen LogP contribution is -2.21. The van der Waals surface area contributed by atoms with Crippen LogP contribution in [0.25, 0.3) is 16.7 Å². The Morgan fingerprint density at radius 2 is 1.79 bits per heavy atom. The third kappa shape index (κ3) is 6.13. The number of ether oxygens (including phenoxy) is 2. The first-order valence-electron chi connectivity index (χ1n) is 11.6. The number of fused-ring (bicyclic) bond motifs is 2. The molecule has 0 saturated carbocycles. The molecule has 2 aromatic carbocycles. The summed E-state index contributed by atoms with van der Waals surface area (Å²) in [5.74, 6) is -0.233. The summed E-state index contributed by atoms with van der Waals surface area (Å²) in [6, 6.07) is 21.7. The van der Waals surface area contributed by atoms with Crippen molar-refractivity contribution in [3.8, 4) is 17.4 Å². The fourth-order valence-electron chi connectivity index (χ4n) is 3.84. The van der Waals surface area contributed by atoms with Gasteiger partial charge in [0, 0.05) is 35.7 Å². The van der Waals surface area contributed by atoms with Gasteiger partial charge in [0.2, 0.25) is 11.8 Å². The van der Waals surface area contributed by atoms with Gasteiger partial charge in [-0.15, -0.1) is 0 Å². The van der Waals surface area contributed by atoms with Crippen LogP contribution < -0.4 is 10.1 Å². The smallest absolute Gasteiger partial charge is 0.475 e. The van der Waals surface area contributed by atoms with Gasteiger partial charge in [0.25, 0.3) is 0 Å². The predicted molar refractivity (Wildman–Crippen MR) is 135 cm³/mol. The number of anilines is 2. The van der Waals surface area contributed by atoms with E-state index in [1.165, 1.54) is 11.1 Å². The maximum Gasteiger partial charge on any atom is 0.490 e. The van der Waals surface area contributed by atoms with Gasteiger partial charge in [-0.05, 0) is 59.7 Å². The van der Waals surface area contributed by atoms with Crippen molar-refractivity contribution in [3.63, 3.8) is 0 Å². The molecule has 0 unspecified atom stereocenters. The third-order valence-corrected chi connectivity index (χ3v) is 5.63. The minimum Gasteiger partial charge on any atom is -0.475 e. The molecule has 6 rings (SSSR count). The lowest BCUT2D eigenvalue weighted by molar-refractivity contribution is -0.192. The van der Waals surface area contributed by atoms with Gasteiger partial charge in [-0.1, -0.05) is 12.1 Å². The zero-order valence-electron chi connectivity index (χ0n) is 20.1. The maximum absolute atomic E-state index is 10.6. The lowest BCUT2D eigenvalue weighted by Gasteiger charge is -2.09. The molecular weight excluding hydrogens is 515 g/mol. The van der Waals surface area contributed by atoms with Crippen molar-refractivity contribution in [3.05, 3.63) is 96.4 Å². The highest BCUT2D eigenvalue weighted by Gasteiger charge is 2.38. The monoisotopic (exact) mass is 535 g/mol. The lowest BCUT2D eigenvalue weighted by atomic mass is 10.1. The Kier molecular flexibility index (Phi) is 7.10. The molecule has 9 nitrogen and oxygen atoms in total. The van der Waals surface area contributed by atoms with Crippen molar-refractivity contribution >= 4 is 28.5 Å². The van der Waals surface area contributed by atoms with Crippen LogP contribution >= 0.6 is 0 Å². The van der Waals surface area contributed by atoms with Crippen LogP contribution in [0.15, 0.2) is 85.3 Å². The zero-order valence-corrected chi connectivity index (χ0v) is 20.1. The molecule has 0 atom stereocenters. The largest absolute Gasteiger partial charge is 0.490 e. The van der Waals surface area contributed by atoms with E-state index in [1.54, 1.807) is 18.5 Å². The third-order valence-electron chi connectivity index (χ3n) is 5.63. The number of hydrogen-bond acceptors (Lipinski definition) is 7. The molecule has 0 saturated heterocycles. The van der Waals surface area contributed by atoms with Gasteiger partial charge in [0.1, 0.15) is 11.6 Å². The zero-order chi connectivity index (χ0) is 27.4. The van der Waals surface area contributed by atoms with Gasteiger partial charge in [-0.2, -0.15) is 18.2 Å². The molecule has 0 amide bonds. The van der Waals surface area contributed by atoms with Crippen molar-refractivity contribution in [1.29, 1.82) is 0 Å². The number of nitrogens with one attached hydrogen (secondary N) is 1. The number of hydrogen-bond donors (Lipinski definition) is 2. The van der Waals surface area contributed by atoms with Crippen LogP contribution in [0.1, 0.15) is 11.1 Å². The molecular formula is C27H20F3N5O4. The second-order valence-electron chi connectivity index (χ2n) is 8.32. The average molecular weight is 535 g/mol. The van der Waals surface area contributed by atoms with Gasteiger partial charge < -0.3 is 24.5 Å². The number of nitrogens with zero attached hydrogens (tertiary/aromatic N) is 4. The number of alkyl halides is 3. The van der Waals surface area contributed by atoms with Gasteiger partial charge >= 0.3 is 12.1 Å². The van der Waals surface area contributed by atoms with E-state index in [0.717, 1.165) is 22.4 Å². The maximum atomic E-state index is 10.6. The van der Waals surface area contributed by atoms with E-state index < -0.39 is 12.1 Å². The minimum atomic E-state index is -5.08. The number of rotatable bonds is 5. The Morgan fingerprint density at radius 1 is 0.974 bits per heavy atom. The molecule has 5 aromatic rings. The second-order valence-corrected chi connectivity index (χ2v) is 8.32. The van der Waals surface area contributed by atoms with E-state index >= 15 is 0 Å². The van der Waals surface area contributed by atoms with Crippen LogP contribution in [-0.4, -0.2) is 36.8 Å². The molecule has 0 fully saturated rings.